The smallest absolute Gasteiger partial charge is 0.196 e. The van der Waals surface area contributed by atoms with Gasteiger partial charge in [0.25, 0.3) is 0 Å². The average Bonchev–Trinajstić information content (AvgIpc) is 3.35. The maximum absolute atomic E-state index is 13.1. The fraction of sp³-hybridized carbons (Fsp3) is 0.280. The van der Waals surface area contributed by atoms with Gasteiger partial charge in [-0.2, -0.15) is 0 Å². The number of aromatic nitrogens is 5. The molecule has 3 heterocycles. The summed E-state index contributed by atoms with van der Waals surface area (Å²) in [6.07, 6.45) is 4.55. The third-order valence-electron chi connectivity index (χ3n) is 5.56. The number of carbonyl (C=O) groups is 1. The second-order valence-corrected chi connectivity index (χ2v) is 8.76. The lowest BCUT2D eigenvalue weighted by Crippen LogP contribution is -2.08. The molecule has 0 aliphatic carbocycles. The molecule has 6 nitrogen and oxygen atoms in total. The van der Waals surface area contributed by atoms with Crippen molar-refractivity contribution in [3.63, 3.8) is 0 Å². The van der Waals surface area contributed by atoms with E-state index in [1.54, 1.807) is 12.4 Å². The van der Waals surface area contributed by atoms with Crippen LogP contribution in [0.1, 0.15) is 40.7 Å². The van der Waals surface area contributed by atoms with Crippen LogP contribution in [0.25, 0.3) is 17.1 Å². The van der Waals surface area contributed by atoms with Crippen molar-refractivity contribution in [2.45, 2.75) is 45.8 Å². The van der Waals surface area contributed by atoms with E-state index in [9.17, 15) is 4.79 Å². The number of pyridine rings is 1. The largest absolute Gasteiger partial charge is 0.348 e. The first-order valence-electron chi connectivity index (χ1n) is 10.8. The Balaban J connectivity index is 1.66. The molecule has 0 N–H and O–H groups in total. The standard InChI is InChI=1S/C25H27N5OS/c1-5-13-29-18(3)14-21(19(29)4)23(31)16-32-25-28-27-24(20-10-8-12-26-15-20)30(25)22-11-7-6-9-17(22)2/h6-12,14-15H,5,13,16H2,1-4H3. The lowest BCUT2D eigenvalue weighted by molar-refractivity contribution is 0.102. The van der Waals surface area contributed by atoms with Crippen LogP contribution in [0.15, 0.2) is 60.0 Å². The van der Waals surface area contributed by atoms with E-state index in [-0.39, 0.29) is 5.78 Å². The second kappa shape index (κ2) is 9.53. The molecule has 0 amide bonds. The van der Waals surface area contributed by atoms with Gasteiger partial charge in [-0.1, -0.05) is 36.9 Å². The zero-order valence-corrected chi connectivity index (χ0v) is 19.7. The van der Waals surface area contributed by atoms with Gasteiger partial charge in [-0.15, -0.1) is 10.2 Å². The van der Waals surface area contributed by atoms with Crippen LogP contribution in [0, 0.1) is 20.8 Å². The highest BCUT2D eigenvalue weighted by Gasteiger charge is 2.20. The Kier molecular flexibility index (Phi) is 6.55. The molecule has 0 aliphatic rings. The van der Waals surface area contributed by atoms with Crippen molar-refractivity contribution in [1.82, 2.24) is 24.3 Å². The van der Waals surface area contributed by atoms with Crippen molar-refractivity contribution >= 4 is 17.5 Å². The molecule has 7 heteroatoms. The van der Waals surface area contributed by atoms with Crippen molar-refractivity contribution in [3.8, 4) is 17.1 Å². The van der Waals surface area contributed by atoms with Gasteiger partial charge in [-0.25, -0.2) is 0 Å². The number of carbonyl (C=O) groups excluding carboxylic acids is 1. The van der Waals surface area contributed by atoms with Crippen LogP contribution in [0.2, 0.25) is 0 Å². The Morgan fingerprint density at radius 2 is 1.88 bits per heavy atom. The Labute approximate surface area is 192 Å². The van der Waals surface area contributed by atoms with Gasteiger partial charge in [0.15, 0.2) is 16.8 Å². The van der Waals surface area contributed by atoms with E-state index >= 15 is 0 Å². The maximum atomic E-state index is 13.1. The second-order valence-electron chi connectivity index (χ2n) is 7.82. The highest BCUT2D eigenvalue weighted by molar-refractivity contribution is 7.99. The Hall–Kier alpha value is -3.19. The van der Waals surface area contributed by atoms with E-state index in [0.717, 1.165) is 46.7 Å². The van der Waals surface area contributed by atoms with Gasteiger partial charge in [-0.05, 0) is 57.0 Å². The van der Waals surface area contributed by atoms with E-state index in [4.69, 9.17) is 0 Å². The summed E-state index contributed by atoms with van der Waals surface area (Å²) in [5.74, 6) is 1.11. The molecule has 0 saturated carbocycles. The lowest BCUT2D eigenvalue weighted by Gasteiger charge is -2.12. The summed E-state index contributed by atoms with van der Waals surface area (Å²) in [6, 6.07) is 14.0. The van der Waals surface area contributed by atoms with Gasteiger partial charge < -0.3 is 4.57 Å². The van der Waals surface area contributed by atoms with Crippen molar-refractivity contribution < 1.29 is 4.79 Å². The van der Waals surface area contributed by atoms with Crippen molar-refractivity contribution in [2.24, 2.45) is 0 Å². The van der Waals surface area contributed by atoms with E-state index < -0.39 is 0 Å². The first-order valence-corrected chi connectivity index (χ1v) is 11.7. The molecule has 0 aliphatic heterocycles. The van der Waals surface area contributed by atoms with E-state index in [1.165, 1.54) is 11.8 Å². The number of para-hydroxylation sites is 1. The number of Topliss-reactive ketones (excluding diaryl/α,β-unsaturated/α-hetero) is 1. The third kappa shape index (κ3) is 4.25. The normalized spacial score (nSPS) is 11.1. The van der Waals surface area contributed by atoms with Gasteiger partial charge in [-0.3, -0.25) is 14.3 Å². The van der Waals surface area contributed by atoms with E-state index in [1.807, 2.05) is 47.9 Å². The number of nitrogens with zero attached hydrogens (tertiary/aromatic N) is 5. The zero-order valence-electron chi connectivity index (χ0n) is 18.9. The number of benzene rings is 1. The molecule has 4 aromatic rings. The van der Waals surface area contributed by atoms with Crippen LogP contribution in [0.3, 0.4) is 0 Å². The molecule has 32 heavy (non-hydrogen) atoms. The fourth-order valence-electron chi connectivity index (χ4n) is 3.94. The van der Waals surface area contributed by atoms with Crippen LogP contribution < -0.4 is 0 Å². The minimum atomic E-state index is 0.104. The molecule has 0 unspecified atom stereocenters. The summed E-state index contributed by atoms with van der Waals surface area (Å²) in [5, 5.41) is 9.58. The average molecular weight is 446 g/mol. The molecular formula is C25H27N5OS. The molecule has 164 valence electrons. The summed E-state index contributed by atoms with van der Waals surface area (Å²) in [4.78, 5) is 17.3. The molecule has 0 fully saturated rings. The highest BCUT2D eigenvalue weighted by atomic mass is 32.2. The number of hydrogen-bond donors (Lipinski definition) is 0. The van der Waals surface area contributed by atoms with Crippen LogP contribution >= 0.6 is 11.8 Å². The van der Waals surface area contributed by atoms with Crippen LogP contribution in [-0.2, 0) is 6.54 Å². The van der Waals surface area contributed by atoms with E-state index in [2.05, 4.69) is 46.6 Å². The van der Waals surface area contributed by atoms with Crippen LogP contribution in [-0.4, -0.2) is 35.9 Å². The molecule has 1 aromatic carbocycles. The fourth-order valence-corrected chi connectivity index (χ4v) is 4.76. The van der Waals surface area contributed by atoms with Gasteiger partial charge in [0.2, 0.25) is 0 Å². The minimum absolute atomic E-state index is 0.104. The lowest BCUT2D eigenvalue weighted by atomic mass is 10.2. The molecule has 3 aromatic heterocycles. The van der Waals surface area contributed by atoms with Crippen molar-refractivity contribution in [3.05, 3.63) is 77.4 Å². The predicted octanol–water partition coefficient (Wildman–Crippen LogP) is 5.44. The van der Waals surface area contributed by atoms with Gasteiger partial charge in [0.05, 0.1) is 11.4 Å². The molecular weight excluding hydrogens is 418 g/mol. The summed E-state index contributed by atoms with van der Waals surface area (Å²) in [6.45, 7) is 9.21. The monoisotopic (exact) mass is 445 g/mol. The van der Waals surface area contributed by atoms with Crippen LogP contribution in [0.4, 0.5) is 0 Å². The van der Waals surface area contributed by atoms with Crippen molar-refractivity contribution in [1.29, 1.82) is 0 Å². The first kappa shape index (κ1) is 22.0. The highest BCUT2D eigenvalue weighted by Crippen LogP contribution is 2.30. The Bertz CT molecular complexity index is 1240. The van der Waals surface area contributed by atoms with Gasteiger partial charge in [0, 0.05) is 41.5 Å². The topological polar surface area (TPSA) is 65.6 Å². The molecule has 0 radical (unpaired) electrons. The number of ketones is 1. The molecule has 0 saturated heterocycles. The summed E-state index contributed by atoms with van der Waals surface area (Å²) in [5.41, 5.74) is 5.93. The number of hydrogen-bond acceptors (Lipinski definition) is 5. The summed E-state index contributed by atoms with van der Waals surface area (Å²) < 4.78 is 4.24. The molecule has 4 rings (SSSR count). The third-order valence-corrected chi connectivity index (χ3v) is 6.49. The summed E-state index contributed by atoms with van der Waals surface area (Å²) >= 11 is 1.42. The zero-order chi connectivity index (χ0) is 22.7. The van der Waals surface area contributed by atoms with Crippen LogP contribution in [0.5, 0.6) is 0 Å². The number of aryl methyl sites for hydroxylation is 2. The number of thioether (sulfide) groups is 1. The first-order chi connectivity index (χ1) is 15.5. The Morgan fingerprint density at radius 1 is 1.06 bits per heavy atom. The van der Waals surface area contributed by atoms with E-state index in [0.29, 0.717) is 16.7 Å². The van der Waals surface area contributed by atoms with Gasteiger partial charge in [0.1, 0.15) is 0 Å². The molecule has 0 bridgehead atoms. The predicted molar refractivity (Wildman–Crippen MR) is 129 cm³/mol. The number of rotatable bonds is 8. The van der Waals surface area contributed by atoms with Crippen molar-refractivity contribution in [2.75, 3.05) is 5.75 Å². The molecule has 0 atom stereocenters. The Morgan fingerprint density at radius 3 is 2.59 bits per heavy atom. The summed E-state index contributed by atoms with van der Waals surface area (Å²) in [7, 11) is 0. The quantitative estimate of drug-likeness (QED) is 0.267. The maximum Gasteiger partial charge on any atom is 0.196 e. The minimum Gasteiger partial charge on any atom is -0.348 e. The molecule has 0 spiro atoms. The SMILES string of the molecule is CCCn1c(C)cc(C(=O)CSc2nnc(-c3cccnc3)n2-c2ccccc2C)c1C. The van der Waals surface area contributed by atoms with Gasteiger partial charge >= 0.3 is 0 Å².